The second kappa shape index (κ2) is 10.9. The van der Waals surface area contributed by atoms with Gasteiger partial charge in [0.05, 0.1) is 41.6 Å². The summed E-state index contributed by atoms with van der Waals surface area (Å²) < 4.78 is 37.3. The molecule has 0 unspecified atom stereocenters. The first-order valence-corrected chi connectivity index (χ1v) is 13.9. The molecule has 3 aromatic rings. The Morgan fingerprint density at radius 1 is 1.37 bits per heavy atom. The number of nitriles is 1. The molecule has 1 aliphatic heterocycles. The largest absolute Gasteiger partial charge is 0.467 e. The second-order valence-electron chi connectivity index (χ2n) is 8.99. The van der Waals surface area contributed by atoms with Crippen LogP contribution in [0, 0.1) is 32.1 Å². The fraction of sp³-hybridized carbons (Fsp3) is 0.360. The van der Waals surface area contributed by atoms with Crippen LogP contribution in [0.1, 0.15) is 46.3 Å². The summed E-state index contributed by atoms with van der Waals surface area (Å²) in [6.45, 7) is 5.04. The van der Waals surface area contributed by atoms with Gasteiger partial charge < -0.3 is 19.0 Å². The number of anilines is 1. The molecule has 0 saturated carbocycles. The number of nitrogens with one attached hydrogen (secondary N) is 1. The van der Waals surface area contributed by atoms with Gasteiger partial charge in [0.25, 0.3) is 5.91 Å². The summed E-state index contributed by atoms with van der Waals surface area (Å²) in [5, 5.41) is 16.9. The van der Waals surface area contributed by atoms with E-state index >= 15 is 0 Å². The van der Waals surface area contributed by atoms with Crippen LogP contribution in [0.3, 0.4) is 0 Å². The maximum atomic E-state index is 12.6. The normalized spacial score (nSPS) is 16.6. The van der Waals surface area contributed by atoms with E-state index in [2.05, 4.69) is 16.5 Å². The van der Waals surface area contributed by atoms with Gasteiger partial charge in [-0.3, -0.25) is 4.79 Å². The molecule has 38 heavy (non-hydrogen) atoms. The molecule has 0 bridgehead atoms. The number of carbonyl (C=O) groups is 2. The van der Waals surface area contributed by atoms with Gasteiger partial charge in [-0.25, -0.2) is 17.9 Å². The third-order valence-corrected chi connectivity index (χ3v) is 8.58. The third-order valence-electron chi connectivity index (χ3n) is 6.45. The van der Waals surface area contributed by atoms with Crippen molar-refractivity contribution >= 4 is 45.2 Å². The lowest BCUT2D eigenvalue weighted by atomic mass is 10.2. The van der Waals surface area contributed by atoms with Crippen LogP contribution in [0.5, 0.6) is 0 Å². The lowest BCUT2D eigenvalue weighted by Crippen LogP contribution is -2.22. The number of nitrogens with zero attached hydrogens (tertiary/aromatic N) is 4. The van der Waals surface area contributed by atoms with Crippen LogP contribution in [0.2, 0.25) is 5.15 Å². The molecule has 11 nitrogen and oxygen atoms in total. The number of hydrogen-bond acceptors (Lipinski definition) is 8. The molecule has 1 amide bonds. The Labute approximate surface area is 224 Å². The van der Waals surface area contributed by atoms with Crippen LogP contribution in [0.25, 0.3) is 6.08 Å². The van der Waals surface area contributed by atoms with Crippen molar-refractivity contribution < 1.29 is 27.2 Å². The van der Waals surface area contributed by atoms with Crippen molar-refractivity contribution in [2.75, 3.05) is 23.4 Å². The zero-order valence-electron chi connectivity index (χ0n) is 21.0. The molecule has 200 valence electrons. The first-order chi connectivity index (χ1) is 18.0. The van der Waals surface area contributed by atoms with Crippen LogP contribution in [0.15, 0.2) is 28.9 Å². The molecule has 1 atom stereocenters. The highest BCUT2D eigenvalue weighted by molar-refractivity contribution is 7.91. The fourth-order valence-electron chi connectivity index (χ4n) is 4.32. The molecule has 13 heteroatoms. The summed E-state index contributed by atoms with van der Waals surface area (Å²) >= 11 is 6.42. The molecule has 0 spiro atoms. The van der Waals surface area contributed by atoms with Crippen molar-refractivity contribution in [1.82, 2.24) is 14.3 Å². The van der Waals surface area contributed by atoms with Crippen LogP contribution in [-0.2, 0) is 30.7 Å². The van der Waals surface area contributed by atoms with E-state index in [4.69, 9.17) is 20.8 Å². The Morgan fingerprint density at radius 2 is 2.13 bits per heavy atom. The Morgan fingerprint density at radius 3 is 2.76 bits per heavy atom. The van der Waals surface area contributed by atoms with E-state index in [0.717, 1.165) is 17.3 Å². The summed E-state index contributed by atoms with van der Waals surface area (Å²) in [4.78, 5) is 24.9. The smallest absolute Gasteiger partial charge is 0.331 e. The molecule has 1 saturated heterocycles. The Kier molecular flexibility index (Phi) is 7.80. The quantitative estimate of drug-likeness (QED) is 0.326. The number of aryl methyl sites for hydroxylation is 1. The highest BCUT2D eigenvalue weighted by Gasteiger charge is 2.31. The highest BCUT2D eigenvalue weighted by atomic mass is 35.5. The minimum atomic E-state index is -3.12. The van der Waals surface area contributed by atoms with Crippen LogP contribution in [-0.4, -0.2) is 52.8 Å². The average molecular weight is 560 g/mol. The van der Waals surface area contributed by atoms with E-state index in [1.807, 2.05) is 6.92 Å². The van der Waals surface area contributed by atoms with Crippen molar-refractivity contribution in [3.63, 3.8) is 0 Å². The molecule has 1 aliphatic rings. The number of carbonyl (C=O) groups excluding carboxylic acids is 2. The molecule has 0 aromatic carbocycles. The zero-order chi connectivity index (χ0) is 27.6. The summed E-state index contributed by atoms with van der Waals surface area (Å²) in [5.41, 5.74) is 2.80. The van der Waals surface area contributed by atoms with E-state index in [1.165, 1.54) is 17.0 Å². The molecule has 3 aromatic heterocycles. The monoisotopic (exact) mass is 559 g/mol. The zero-order valence-corrected chi connectivity index (χ0v) is 22.6. The Bertz CT molecular complexity index is 1560. The summed E-state index contributed by atoms with van der Waals surface area (Å²) in [7, 11) is -3.12. The highest BCUT2D eigenvalue weighted by Crippen LogP contribution is 2.31. The van der Waals surface area contributed by atoms with Gasteiger partial charge in [0, 0.05) is 17.3 Å². The Balaban J connectivity index is 1.40. The number of esters is 1. The van der Waals surface area contributed by atoms with Gasteiger partial charge in [-0.2, -0.15) is 10.4 Å². The number of sulfone groups is 1. The van der Waals surface area contributed by atoms with Crippen LogP contribution in [0.4, 0.5) is 5.82 Å². The molecule has 4 heterocycles. The predicted molar refractivity (Wildman–Crippen MR) is 139 cm³/mol. The van der Waals surface area contributed by atoms with Gasteiger partial charge in [-0.15, -0.1) is 0 Å². The van der Waals surface area contributed by atoms with Crippen molar-refractivity contribution in [3.8, 4) is 6.07 Å². The number of rotatable bonds is 8. The minimum absolute atomic E-state index is 0.0361. The topological polar surface area (TPSA) is 149 Å². The molecular formula is C25H26ClN5O6S. The molecule has 0 radical (unpaired) electrons. The lowest BCUT2D eigenvalue weighted by Gasteiger charge is -2.12. The van der Waals surface area contributed by atoms with Crippen molar-refractivity contribution in [2.24, 2.45) is 0 Å². The van der Waals surface area contributed by atoms with E-state index in [9.17, 15) is 23.3 Å². The second-order valence-corrected chi connectivity index (χ2v) is 11.6. The first-order valence-electron chi connectivity index (χ1n) is 11.7. The number of furan rings is 1. The number of aromatic nitrogens is 3. The fourth-order valence-corrected chi connectivity index (χ4v) is 6.39. The standard InChI is InChI=1S/C25H26ClN5O6S/c1-15-17(3)30(12-19-5-4-9-36-19)25(21(15)11-27)28-22(32)13-37-23(33)7-6-20-16(2)29-31(24(20)26)18-8-10-38(34,35)14-18/h4-7,9,18H,8,10,12-14H2,1-3H3,(H,28,32)/b7-6+/t18-/m0/s1. The van der Waals surface area contributed by atoms with E-state index < -0.39 is 28.3 Å². The van der Waals surface area contributed by atoms with E-state index in [-0.39, 0.29) is 22.7 Å². The minimum Gasteiger partial charge on any atom is -0.467 e. The van der Waals surface area contributed by atoms with Crippen molar-refractivity contribution in [3.05, 3.63) is 63.5 Å². The van der Waals surface area contributed by atoms with E-state index in [0.29, 0.717) is 41.4 Å². The SMILES string of the molecule is Cc1nn([C@H]2CCS(=O)(=O)C2)c(Cl)c1/C=C/C(=O)OCC(=O)Nc1c(C#N)c(C)c(C)n1Cc1ccco1. The van der Waals surface area contributed by atoms with Crippen LogP contribution < -0.4 is 5.32 Å². The van der Waals surface area contributed by atoms with Gasteiger partial charge >= 0.3 is 5.97 Å². The molecule has 1 fully saturated rings. The van der Waals surface area contributed by atoms with Gasteiger partial charge in [-0.05, 0) is 51.0 Å². The number of amides is 1. The number of hydrogen-bond donors (Lipinski definition) is 1. The first kappa shape index (κ1) is 27.2. The molecule has 0 aliphatic carbocycles. The van der Waals surface area contributed by atoms with Crippen LogP contribution >= 0.6 is 11.6 Å². The predicted octanol–water partition coefficient (Wildman–Crippen LogP) is 3.33. The van der Waals surface area contributed by atoms with E-state index in [1.54, 1.807) is 30.5 Å². The maximum absolute atomic E-state index is 12.6. The summed E-state index contributed by atoms with van der Waals surface area (Å²) in [6.07, 6.45) is 4.49. The molecule has 4 rings (SSSR count). The van der Waals surface area contributed by atoms with Gasteiger partial charge in [-0.1, -0.05) is 11.6 Å². The van der Waals surface area contributed by atoms with Gasteiger partial charge in [0.15, 0.2) is 16.4 Å². The summed E-state index contributed by atoms with van der Waals surface area (Å²) in [6, 6.07) is 5.28. The average Bonchev–Trinajstić information content (AvgIpc) is 3.62. The van der Waals surface area contributed by atoms with Crippen molar-refractivity contribution in [1.29, 1.82) is 5.26 Å². The summed E-state index contributed by atoms with van der Waals surface area (Å²) in [5.74, 6) is -0.428. The molecule has 1 N–H and O–H groups in total. The van der Waals surface area contributed by atoms with Gasteiger partial charge in [0.1, 0.15) is 22.8 Å². The van der Waals surface area contributed by atoms with Gasteiger partial charge in [0.2, 0.25) is 0 Å². The van der Waals surface area contributed by atoms with Crippen molar-refractivity contribution in [2.45, 2.75) is 39.8 Å². The Hall–Kier alpha value is -3.82. The molecular weight excluding hydrogens is 534 g/mol. The third kappa shape index (κ3) is 5.69. The lowest BCUT2D eigenvalue weighted by molar-refractivity contribution is -0.142. The maximum Gasteiger partial charge on any atom is 0.331 e. The number of halogens is 1. The number of ether oxygens (including phenoxy) is 1.